The summed E-state index contributed by atoms with van der Waals surface area (Å²) in [7, 11) is 1.56. The Kier molecular flexibility index (Phi) is 6.18. The summed E-state index contributed by atoms with van der Waals surface area (Å²) in [5, 5.41) is 3.54. The van der Waals surface area contributed by atoms with Crippen LogP contribution in [0.2, 0.25) is 0 Å². The molecule has 0 bridgehead atoms. The van der Waals surface area contributed by atoms with Gasteiger partial charge in [-0.1, -0.05) is 48.5 Å². The van der Waals surface area contributed by atoms with Gasteiger partial charge in [-0.15, -0.1) is 0 Å². The number of fused-ring (bicyclic) bond motifs is 1. The molecule has 6 nitrogen and oxygen atoms in total. The van der Waals surface area contributed by atoms with E-state index in [-0.39, 0.29) is 0 Å². The van der Waals surface area contributed by atoms with E-state index < -0.39 is 5.97 Å². The van der Waals surface area contributed by atoms with Gasteiger partial charge in [-0.2, -0.15) is 0 Å². The van der Waals surface area contributed by atoms with Gasteiger partial charge in [-0.25, -0.2) is 9.78 Å². The fourth-order valence-electron chi connectivity index (χ4n) is 3.95. The number of benzene rings is 3. The number of carbonyl (C=O) groups is 1. The van der Waals surface area contributed by atoms with Crippen LogP contribution in [0.5, 0.6) is 11.5 Å². The van der Waals surface area contributed by atoms with Crippen LogP contribution < -0.4 is 14.8 Å². The Hall–Kier alpha value is -4.58. The summed E-state index contributed by atoms with van der Waals surface area (Å²) in [6.45, 7) is 2.66. The molecular formula is C29H25N3O3. The van der Waals surface area contributed by atoms with E-state index in [2.05, 4.69) is 17.4 Å². The van der Waals surface area contributed by atoms with E-state index in [0.29, 0.717) is 29.3 Å². The predicted octanol–water partition coefficient (Wildman–Crippen LogP) is 6.15. The molecule has 0 aliphatic rings. The molecule has 5 aromatic rings. The number of rotatable bonds is 7. The zero-order valence-corrected chi connectivity index (χ0v) is 19.6. The highest BCUT2D eigenvalue weighted by Gasteiger charge is 2.20. The van der Waals surface area contributed by atoms with Gasteiger partial charge in [-0.05, 0) is 60.5 Å². The van der Waals surface area contributed by atoms with E-state index >= 15 is 0 Å². The van der Waals surface area contributed by atoms with Crippen molar-refractivity contribution in [3.05, 3.63) is 114 Å². The van der Waals surface area contributed by atoms with Crippen LogP contribution in [0.25, 0.3) is 16.9 Å². The van der Waals surface area contributed by atoms with E-state index in [1.165, 1.54) is 0 Å². The molecule has 0 amide bonds. The number of hydrogen-bond donors (Lipinski definition) is 1. The first kappa shape index (κ1) is 22.2. The van der Waals surface area contributed by atoms with Crippen LogP contribution in [0, 0.1) is 6.92 Å². The summed E-state index contributed by atoms with van der Waals surface area (Å²) in [4.78, 5) is 17.9. The van der Waals surface area contributed by atoms with E-state index in [4.69, 9.17) is 14.5 Å². The molecule has 0 saturated heterocycles. The molecule has 3 aromatic carbocycles. The molecule has 35 heavy (non-hydrogen) atoms. The van der Waals surface area contributed by atoms with Gasteiger partial charge in [0.05, 0.1) is 12.7 Å². The van der Waals surface area contributed by atoms with E-state index in [1.807, 2.05) is 66.1 Å². The predicted molar refractivity (Wildman–Crippen MR) is 137 cm³/mol. The fraction of sp³-hybridized carbons (Fsp3) is 0.103. The molecule has 2 heterocycles. The van der Waals surface area contributed by atoms with Crippen LogP contribution in [0.3, 0.4) is 0 Å². The summed E-state index contributed by atoms with van der Waals surface area (Å²) in [6.07, 6.45) is 2.00. The largest absolute Gasteiger partial charge is 0.497 e. The second-order valence-electron chi connectivity index (χ2n) is 8.20. The minimum atomic E-state index is -0.463. The molecule has 0 aliphatic heterocycles. The van der Waals surface area contributed by atoms with Crippen molar-refractivity contribution in [2.24, 2.45) is 0 Å². The number of ether oxygens (including phenoxy) is 2. The number of anilines is 1. The molecule has 0 saturated carbocycles. The van der Waals surface area contributed by atoms with Crippen LogP contribution >= 0.6 is 0 Å². The molecule has 0 aliphatic carbocycles. The second-order valence-corrected chi connectivity index (χ2v) is 8.20. The van der Waals surface area contributed by atoms with Crippen molar-refractivity contribution in [2.45, 2.75) is 13.5 Å². The third kappa shape index (κ3) is 4.73. The average molecular weight is 464 g/mol. The molecule has 2 aromatic heterocycles. The van der Waals surface area contributed by atoms with Gasteiger partial charge < -0.3 is 14.8 Å². The number of imidazole rings is 1. The van der Waals surface area contributed by atoms with Crippen molar-refractivity contribution in [1.82, 2.24) is 9.38 Å². The van der Waals surface area contributed by atoms with Gasteiger partial charge >= 0.3 is 5.97 Å². The van der Waals surface area contributed by atoms with E-state index in [1.54, 1.807) is 37.4 Å². The first-order valence-electron chi connectivity index (χ1n) is 11.3. The molecule has 0 atom stereocenters. The maximum atomic E-state index is 13.0. The minimum absolute atomic E-state index is 0.409. The molecule has 0 fully saturated rings. The maximum absolute atomic E-state index is 13.0. The zero-order chi connectivity index (χ0) is 24.2. The Bertz CT molecular complexity index is 1490. The molecule has 0 radical (unpaired) electrons. The molecule has 174 valence electrons. The Labute approximate surface area is 203 Å². The third-order valence-electron chi connectivity index (χ3n) is 5.73. The quantitative estimate of drug-likeness (QED) is 0.232. The van der Waals surface area contributed by atoms with Gasteiger partial charge in [0.25, 0.3) is 0 Å². The van der Waals surface area contributed by atoms with Gasteiger partial charge in [-0.3, -0.25) is 4.40 Å². The summed E-state index contributed by atoms with van der Waals surface area (Å²) >= 11 is 0. The maximum Gasteiger partial charge on any atom is 0.343 e. The lowest BCUT2D eigenvalue weighted by molar-refractivity contribution is 0.0735. The van der Waals surface area contributed by atoms with Crippen LogP contribution in [0.4, 0.5) is 5.82 Å². The minimum Gasteiger partial charge on any atom is -0.497 e. The first-order chi connectivity index (χ1) is 17.1. The van der Waals surface area contributed by atoms with Crippen molar-refractivity contribution >= 4 is 17.4 Å². The Morgan fingerprint density at radius 3 is 2.57 bits per heavy atom. The van der Waals surface area contributed by atoms with Crippen molar-refractivity contribution in [2.75, 3.05) is 12.4 Å². The van der Waals surface area contributed by atoms with Crippen molar-refractivity contribution < 1.29 is 14.3 Å². The number of esters is 1. The van der Waals surface area contributed by atoms with Crippen LogP contribution in [-0.2, 0) is 6.54 Å². The van der Waals surface area contributed by atoms with Crippen LogP contribution in [0.1, 0.15) is 21.5 Å². The molecular weight excluding hydrogens is 438 g/mol. The Morgan fingerprint density at radius 2 is 1.74 bits per heavy atom. The van der Waals surface area contributed by atoms with Crippen molar-refractivity contribution in [1.29, 1.82) is 0 Å². The van der Waals surface area contributed by atoms with E-state index in [9.17, 15) is 4.79 Å². The number of pyridine rings is 1. The average Bonchev–Trinajstić information content (AvgIpc) is 3.25. The SMILES string of the molecule is COc1cccc(C(=O)Oc2ccccc2-c2nc3cc(C)ccn3c2NCc2ccccc2)c1. The molecule has 0 unspecified atom stereocenters. The molecule has 0 spiro atoms. The Balaban J connectivity index is 1.54. The number of hydrogen-bond acceptors (Lipinski definition) is 5. The van der Waals surface area contributed by atoms with Crippen LogP contribution in [-0.4, -0.2) is 22.5 Å². The number of nitrogens with zero attached hydrogens (tertiary/aromatic N) is 2. The summed E-state index contributed by atoms with van der Waals surface area (Å²) < 4.78 is 13.1. The second kappa shape index (κ2) is 9.73. The highest BCUT2D eigenvalue weighted by atomic mass is 16.5. The highest BCUT2D eigenvalue weighted by Crippen LogP contribution is 2.36. The molecule has 6 heteroatoms. The standard InChI is InChI=1S/C29H25N3O3/c1-20-15-16-32-26(17-20)31-27(28(32)30-19-21-9-4-3-5-10-21)24-13-6-7-14-25(24)35-29(33)22-11-8-12-23(18-22)34-2/h3-18,30H,19H2,1-2H3. The normalized spacial score (nSPS) is 10.8. The Morgan fingerprint density at radius 1 is 0.943 bits per heavy atom. The highest BCUT2D eigenvalue weighted by molar-refractivity contribution is 5.93. The monoisotopic (exact) mass is 463 g/mol. The van der Waals surface area contributed by atoms with Crippen molar-refractivity contribution in [3.63, 3.8) is 0 Å². The summed E-state index contributed by atoms with van der Waals surface area (Å²) in [5.74, 6) is 1.39. The van der Waals surface area contributed by atoms with Gasteiger partial charge in [0, 0.05) is 18.3 Å². The summed E-state index contributed by atoms with van der Waals surface area (Å²) in [5.41, 5.74) is 4.91. The van der Waals surface area contributed by atoms with E-state index in [0.717, 1.165) is 28.2 Å². The third-order valence-corrected chi connectivity index (χ3v) is 5.73. The number of carbonyl (C=O) groups excluding carboxylic acids is 1. The van der Waals surface area contributed by atoms with Crippen molar-refractivity contribution in [3.8, 4) is 22.8 Å². The zero-order valence-electron chi connectivity index (χ0n) is 19.6. The number of aryl methyl sites for hydroxylation is 1. The lowest BCUT2D eigenvalue weighted by Crippen LogP contribution is -2.09. The van der Waals surface area contributed by atoms with Gasteiger partial charge in [0.1, 0.15) is 28.7 Å². The lowest BCUT2D eigenvalue weighted by atomic mass is 10.1. The lowest BCUT2D eigenvalue weighted by Gasteiger charge is -2.12. The number of methoxy groups -OCH3 is 1. The molecule has 1 N–H and O–H groups in total. The number of para-hydroxylation sites is 1. The smallest absolute Gasteiger partial charge is 0.343 e. The fourth-order valence-corrected chi connectivity index (χ4v) is 3.95. The topological polar surface area (TPSA) is 64.9 Å². The first-order valence-corrected chi connectivity index (χ1v) is 11.3. The van der Waals surface area contributed by atoms with Gasteiger partial charge in [0.2, 0.25) is 0 Å². The number of aromatic nitrogens is 2. The van der Waals surface area contributed by atoms with Crippen LogP contribution in [0.15, 0.2) is 97.2 Å². The molecule has 5 rings (SSSR count). The van der Waals surface area contributed by atoms with Gasteiger partial charge in [0.15, 0.2) is 0 Å². The summed E-state index contributed by atoms with van der Waals surface area (Å²) in [6, 6.07) is 28.6. The number of nitrogens with one attached hydrogen (secondary N) is 1.